The van der Waals surface area contributed by atoms with Gasteiger partial charge in [0.15, 0.2) is 0 Å². The monoisotopic (exact) mass is 383 g/mol. The third kappa shape index (κ3) is 4.40. The standard InChI is InChI=1S/C23H33N3O2/c24-22(28)19-15-18(23(10-11-23)16-26-12-4-5-13-26)8-9-20(19)25-21(27)14-17-6-2-1-3-7-17/h8-9,15,17H,1-7,10-14,16H2,(H2,24,28)(H,25,27). The van der Waals surface area contributed by atoms with E-state index in [-0.39, 0.29) is 11.3 Å². The fourth-order valence-electron chi connectivity index (χ4n) is 5.10. The van der Waals surface area contributed by atoms with Crippen LogP contribution in [0.15, 0.2) is 18.2 Å². The zero-order valence-electron chi connectivity index (χ0n) is 16.8. The molecule has 2 amide bonds. The number of primary amides is 1. The smallest absolute Gasteiger partial charge is 0.250 e. The van der Waals surface area contributed by atoms with Crippen LogP contribution in [-0.4, -0.2) is 36.3 Å². The lowest BCUT2D eigenvalue weighted by molar-refractivity contribution is -0.117. The van der Waals surface area contributed by atoms with Gasteiger partial charge in [0, 0.05) is 18.4 Å². The van der Waals surface area contributed by atoms with Crippen molar-refractivity contribution in [2.45, 2.75) is 69.6 Å². The van der Waals surface area contributed by atoms with Crippen LogP contribution in [0.25, 0.3) is 0 Å². The number of nitrogens with one attached hydrogen (secondary N) is 1. The lowest BCUT2D eigenvalue weighted by Gasteiger charge is -2.24. The SMILES string of the molecule is NC(=O)c1cc(C2(CN3CCCC3)CC2)ccc1NC(=O)CC1CCCCC1. The highest BCUT2D eigenvalue weighted by molar-refractivity contribution is 6.03. The number of nitrogens with two attached hydrogens (primary N) is 1. The summed E-state index contributed by atoms with van der Waals surface area (Å²) in [6.45, 7) is 3.43. The van der Waals surface area contributed by atoms with Crippen LogP contribution < -0.4 is 11.1 Å². The van der Waals surface area contributed by atoms with Crippen molar-refractivity contribution < 1.29 is 9.59 Å². The van der Waals surface area contributed by atoms with Crippen LogP contribution in [0.4, 0.5) is 5.69 Å². The molecule has 28 heavy (non-hydrogen) atoms. The Bertz CT molecular complexity index is 729. The van der Waals surface area contributed by atoms with Crippen LogP contribution in [0.1, 0.15) is 80.1 Å². The van der Waals surface area contributed by atoms with Gasteiger partial charge in [0.05, 0.1) is 11.3 Å². The summed E-state index contributed by atoms with van der Waals surface area (Å²) < 4.78 is 0. The highest BCUT2D eigenvalue weighted by Gasteiger charge is 2.46. The van der Waals surface area contributed by atoms with E-state index < -0.39 is 5.91 Å². The Morgan fingerprint density at radius 3 is 2.43 bits per heavy atom. The first-order valence-electron chi connectivity index (χ1n) is 11.0. The highest BCUT2D eigenvalue weighted by Crippen LogP contribution is 2.49. The van der Waals surface area contributed by atoms with Crippen molar-refractivity contribution in [2.75, 3.05) is 25.0 Å². The summed E-state index contributed by atoms with van der Waals surface area (Å²) in [5.74, 6) is 0.00684. The first-order valence-corrected chi connectivity index (χ1v) is 11.0. The number of benzene rings is 1. The van der Waals surface area contributed by atoms with Gasteiger partial charge in [0.25, 0.3) is 5.91 Å². The van der Waals surface area contributed by atoms with Gasteiger partial charge in [0.1, 0.15) is 0 Å². The van der Waals surface area contributed by atoms with E-state index in [1.165, 1.54) is 50.8 Å². The molecule has 3 aliphatic rings. The van der Waals surface area contributed by atoms with Gasteiger partial charge in [-0.15, -0.1) is 0 Å². The van der Waals surface area contributed by atoms with Gasteiger partial charge in [-0.3, -0.25) is 9.59 Å². The fraction of sp³-hybridized carbons (Fsp3) is 0.652. The van der Waals surface area contributed by atoms with Gasteiger partial charge in [-0.25, -0.2) is 0 Å². The molecule has 0 radical (unpaired) electrons. The number of hydrogen-bond acceptors (Lipinski definition) is 3. The van der Waals surface area contributed by atoms with E-state index in [0.717, 1.165) is 32.2 Å². The van der Waals surface area contributed by atoms with Gasteiger partial charge in [0.2, 0.25) is 5.91 Å². The number of carbonyl (C=O) groups is 2. The number of rotatable bonds is 7. The van der Waals surface area contributed by atoms with E-state index in [1.807, 2.05) is 12.1 Å². The van der Waals surface area contributed by atoms with Gasteiger partial charge < -0.3 is 16.0 Å². The summed E-state index contributed by atoms with van der Waals surface area (Å²) in [4.78, 5) is 27.1. The number of amides is 2. The van der Waals surface area contributed by atoms with Crippen molar-refractivity contribution in [3.63, 3.8) is 0 Å². The highest BCUT2D eigenvalue weighted by atomic mass is 16.2. The van der Waals surface area contributed by atoms with E-state index >= 15 is 0 Å². The molecule has 1 heterocycles. The summed E-state index contributed by atoms with van der Waals surface area (Å²) in [6, 6.07) is 5.91. The molecule has 1 aromatic carbocycles. The molecule has 152 valence electrons. The van der Waals surface area contributed by atoms with Crippen LogP contribution in [0.2, 0.25) is 0 Å². The zero-order valence-corrected chi connectivity index (χ0v) is 16.8. The summed E-state index contributed by atoms with van der Waals surface area (Å²) in [5, 5.41) is 2.96. The Labute approximate surface area is 168 Å². The Morgan fingerprint density at radius 1 is 1.07 bits per heavy atom. The van der Waals surface area contributed by atoms with Gasteiger partial charge >= 0.3 is 0 Å². The quantitative estimate of drug-likeness (QED) is 0.751. The molecule has 3 N–H and O–H groups in total. The van der Waals surface area contributed by atoms with E-state index in [0.29, 0.717) is 23.6 Å². The van der Waals surface area contributed by atoms with Gasteiger partial charge in [-0.1, -0.05) is 25.3 Å². The molecule has 2 saturated carbocycles. The number of nitrogens with zero attached hydrogens (tertiary/aromatic N) is 1. The van der Waals surface area contributed by atoms with E-state index in [4.69, 9.17) is 5.73 Å². The van der Waals surface area contributed by atoms with E-state index in [1.54, 1.807) is 0 Å². The van der Waals surface area contributed by atoms with Crippen molar-refractivity contribution in [3.8, 4) is 0 Å². The second-order valence-electron chi connectivity index (χ2n) is 9.14. The average molecular weight is 384 g/mol. The third-order valence-electron chi connectivity index (χ3n) is 6.95. The summed E-state index contributed by atoms with van der Waals surface area (Å²) >= 11 is 0. The van der Waals surface area contributed by atoms with Crippen molar-refractivity contribution in [1.82, 2.24) is 4.90 Å². The van der Waals surface area contributed by atoms with Crippen LogP contribution in [0, 0.1) is 5.92 Å². The topological polar surface area (TPSA) is 75.4 Å². The molecular weight excluding hydrogens is 350 g/mol. The molecule has 0 spiro atoms. The Kier molecular flexibility index (Phi) is 5.72. The summed E-state index contributed by atoms with van der Waals surface area (Å²) in [5.41, 5.74) is 8.04. The minimum atomic E-state index is -0.466. The molecule has 4 rings (SSSR count). The lowest BCUT2D eigenvalue weighted by atomic mass is 9.87. The Balaban J connectivity index is 1.46. The molecule has 1 aromatic rings. The maximum absolute atomic E-state index is 12.5. The second-order valence-corrected chi connectivity index (χ2v) is 9.14. The lowest BCUT2D eigenvalue weighted by Crippen LogP contribution is -2.30. The largest absolute Gasteiger partial charge is 0.366 e. The summed E-state index contributed by atoms with van der Waals surface area (Å²) in [7, 11) is 0. The fourth-order valence-corrected chi connectivity index (χ4v) is 5.10. The molecule has 0 atom stereocenters. The summed E-state index contributed by atoms with van der Waals surface area (Å²) in [6.07, 6.45) is 11.4. The van der Waals surface area contributed by atoms with Crippen molar-refractivity contribution in [3.05, 3.63) is 29.3 Å². The molecule has 0 bridgehead atoms. The van der Waals surface area contributed by atoms with Crippen LogP contribution in [0.3, 0.4) is 0 Å². The zero-order chi connectivity index (χ0) is 19.6. The molecule has 1 saturated heterocycles. The number of carbonyl (C=O) groups excluding carboxylic acids is 2. The number of likely N-dealkylation sites (tertiary alicyclic amines) is 1. The van der Waals surface area contributed by atoms with Gasteiger partial charge in [-0.05, 0) is 75.2 Å². The van der Waals surface area contributed by atoms with Crippen molar-refractivity contribution in [1.29, 1.82) is 0 Å². The van der Waals surface area contributed by atoms with Crippen LogP contribution in [-0.2, 0) is 10.2 Å². The van der Waals surface area contributed by atoms with E-state index in [9.17, 15) is 9.59 Å². The van der Waals surface area contributed by atoms with E-state index in [2.05, 4.69) is 16.3 Å². The Morgan fingerprint density at radius 2 is 1.79 bits per heavy atom. The predicted molar refractivity (Wildman–Crippen MR) is 111 cm³/mol. The number of hydrogen-bond donors (Lipinski definition) is 2. The molecule has 5 nitrogen and oxygen atoms in total. The van der Waals surface area contributed by atoms with Crippen molar-refractivity contribution in [2.24, 2.45) is 11.7 Å². The molecule has 0 unspecified atom stereocenters. The average Bonchev–Trinajstić information content (AvgIpc) is 3.28. The molecule has 3 fully saturated rings. The molecule has 1 aliphatic heterocycles. The van der Waals surface area contributed by atoms with Gasteiger partial charge in [-0.2, -0.15) is 0 Å². The van der Waals surface area contributed by atoms with Crippen LogP contribution >= 0.6 is 0 Å². The predicted octanol–water partition coefficient (Wildman–Crippen LogP) is 3.82. The molecule has 0 aromatic heterocycles. The minimum absolute atomic E-state index is 0.000326. The minimum Gasteiger partial charge on any atom is -0.366 e. The molecule has 2 aliphatic carbocycles. The molecule has 5 heteroatoms. The number of anilines is 1. The maximum atomic E-state index is 12.5. The van der Waals surface area contributed by atoms with Crippen LogP contribution in [0.5, 0.6) is 0 Å². The third-order valence-corrected chi connectivity index (χ3v) is 6.95. The second kappa shape index (κ2) is 8.24. The van der Waals surface area contributed by atoms with Crippen molar-refractivity contribution >= 4 is 17.5 Å². The first kappa shape index (κ1) is 19.4. The maximum Gasteiger partial charge on any atom is 0.250 e. The Hall–Kier alpha value is -1.88. The first-order chi connectivity index (χ1) is 13.6. The normalized spacial score (nSPS) is 22.1. The molecular formula is C23H33N3O2.